The monoisotopic (exact) mass is 408 g/mol. The molecule has 6 heteroatoms. The van der Waals surface area contributed by atoms with Crippen molar-refractivity contribution in [2.24, 2.45) is 0 Å². The first-order chi connectivity index (χ1) is 14.0. The first-order valence-corrected chi connectivity index (χ1v) is 9.54. The summed E-state index contributed by atoms with van der Waals surface area (Å²) in [5.41, 5.74) is 1.81. The quantitative estimate of drug-likeness (QED) is 0.587. The number of hydrogen-bond acceptors (Lipinski definition) is 3. The SMILES string of the molecule is C[C@H](NC(=O)c1ccccc1NC(=O)COc1ccc(Cl)cc1)c1ccccc1. The summed E-state index contributed by atoms with van der Waals surface area (Å²) in [4.78, 5) is 25.0. The number of halogens is 1. The van der Waals surface area contributed by atoms with Gasteiger partial charge < -0.3 is 15.4 Å². The van der Waals surface area contributed by atoms with E-state index < -0.39 is 0 Å². The average Bonchev–Trinajstić information content (AvgIpc) is 2.74. The van der Waals surface area contributed by atoms with Gasteiger partial charge in [-0.05, 0) is 48.9 Å². The van der Waals surface area contributed by atoms with Crippen LogP contribution in [-0.4, -0.2) is 18.4 Å². The van der Waals surface area contributed by atoms with Gasteiger partial charge in [-0.15, -0.1) is 0 Å². The molecule has 29 heavy (non-hydrogen) atoms. The number of ether oxygens (including phenoxy) is 1. The summed E-state index contributed by atoms with van der Waals surface area (Å²) in [6, 6.07) is 23.1. The zero-order valence-electron chi connectivity index (χ0n) is 15.9. The van der Waals surface area contributed by atoms with Gasteiger partial charge in [0, 0.05) is 5.02 Å². The van der Waals surface area contributed by atoms with Gasteiger partial charge in [0.15, 0.2) is 6.61 Å². The predicted octanol–water partition coefficient (Wildman–Crippen LogP) is 4.85. The molecule has 3 aromatic carbocycles. The molecule has 0 aliphatic rings. The Hall–Kier alpha value is -3.31. The molecule has 3 rings (SSSR count). The molecule has 5 nitrogen and oxygen atoms in total. The molecule has 2 N–H and O–H groups in total. The molecular formula is C23H21ClN2O3. The topological polar surface area (TPSA) is 67.4 Å². The zero-order chi connectivity index (χ0) is 20.6. The maximum absolute atomic E-state index is 12.7. The van der Waals surface area contributed by atoms with Crippen LogP contribution in [-0.2, 0) is 4.79 Å². The second kappa shape index (κ2) is 9.75. The number of amides is 2. The summed E-state index contributed by atoms with van der Waals surface area (Å²) in [6.07, 6.45) is 0. The van der Waals surface area contributed by atoms with Crippen LogP contribution in [0.25, 0.3) is 0 Å². The Balaban J connectivity index is 1.62. The molecule has 2 amide bonds. The predicted molar refractivity (Wildman–Crippen MR) is 114 cm³/mol. The Morgan fingerprint density at radius 3 is 2.31 bits per heavy atom. The van der Waals surface area contributed by atoms with Crippen molar-refractivity contribution >= 4 is 29.1 Å². The fourth-order valence-electron chi connectivity index (χ4n) is 2.76. The maximum Gasteiger partial charge on any atom is 0.262 e. The molecule has 0 aromatic heterocycles. The van der Waals surface area contributed by atoms with Gasteiger partial charge in [-0.1, -0.05) is 54.1 Å². The summed E-state index contributed by atoms with van der Waals surface area (Å²) in [6.45, 7) is 1.73. The number of nitrogens with one attached hydrogen (secondary N) is 2. The highest BCUT2D eigenvalue weighted by molar-refractivity contribution is 6.30. The Bertz CT molecular complexity index is 975. The van der Waals surface area contributed by atoms with E-state index in [1.807, 2.05) is 37.3 Å². The lowest BCUT2D eigenvalue weighted by Crippen LogP contribution is -2.28. The van der Waals surface area contributed by atoms with Crippen molar-refractivity contribution in [3.63, 3.8) is 0 Å². The third-order valence-electron chi connectivity index (χ3n) is 4.28. The first kappa shape index (κ1) is 20.4. The first-order valence-electron chi connectivity index (χ1n) is 9.16. The van der Waals surface area contributed by atoms with E-state index >= 15 is 0 Å². The standard InChI is InChI=1S/C23H21ClN2O3/c1-16(17-7-3-2-4-8-17)25-23(28)20-9-5-6-10-21(20)26-22(27)15-29-19-13-11-18(24)12-14-19/h2-14,16H,15H2,1H3,(H,25,28)(H,26,27)/t16-/m0/s1. The molecule has 3 aromatic rings. The van der Waals surface area contributed by atoms with E-state index in [9.17, 15) is 9.59 Å². The normalized spacial score (nSPS) is 11.4. The molecule has 0 fully saturated rings. The van der Waals surface area contributed by atoms with Crippen molar-refractivity contribution in [3.8, 4) is 5.75 Å². The van der Waals surface area contributed by atoms with Crippen LogP contribution < -0.4 is 15.4 Å². The number of carbonyl (C=O) groups excluding carboxylic acids is 2. The number of anilines is 1. The minimum atomic E-state index is -0.365. The van der Waals surface area contributed by atoms with Gasteiger partial charge in [0.05, 0.1) is 17.3 Å². The zero-order valence-corrected chi connectivity index (χ0v) is 16.6. The largest absolute Gasteiger partial charge is 0.484 e. The van der Waals surface area contributed by atoms with Crippen LogP contribution in [0, 0.1) is 0 Å². The summed E-state index contributed by atoms with van der Waals surface area (Å²) < 4.78 is 5.45. The molecule has 0 saturated carbocycles. The lowest BCUT2D eigenvalue weighted by Gasteiger charge is -2.16. The highest BCUT2D eigenvalue weighted by atomic mass is 35.5. The highest BCUT2D eigenvalue weighted by Gasteiger charge is 2.16. The number of para-hydroxylation sites is 1. The van der Waals surface area contributed by atoms with E-state index in [-0.39, 0.29) is 24.5 Å². The Morgan fingerprint density at radius 2 is 1.59 bits per heavy atom. The van der Waals surface area contributed by atoms with Crippen LogP contribution in [0.4, 0.5) is 5.69 Å². The van der Waals surface area contributed by atoms with Gasteiger partial charge in [0.1, 0.15) is 5.75 Å². The van der Waals surface area contributed by atoms with Crippen molar-refractivity contribution in [2.45, 2.75) is 13.0 Å². The van der Waals surface area contributed by atoms with Crippen LogP contribution in [0.3, 0.4) is 0 Å². The van der Waals surface area contributed by atoms with E-state index in [1.54, 1.807) is 48.5 Å². The molecule has 0 aliphatic heterocycles. The number of benzene rings is 3. The van der Waals surface area contributed by atoms with Crippen LogP contribution in [0.1, 0.15) is 28.9 Å². The highest BCUT2D eigenvalue weighted by Crippen LogP contribution is 2.19. The van der Waals surface area contributed by atoms with Crippen molar-refractivity contribution in [3.05, 3.63) is 95.0 Å². The molecule has 0 radical (unpaired) electrons. The van der Waals surface area contributed by atoms with Gasteiger partial charge in [0.2, 0.25) is 0 Å². The second-order valence-electron chi connectivity index (χ2n) is 6.44. The number of hydrogen-bond donors (Lipinski definition) is 2. The number of carbonyl (C=O) groups is 2. The van der Waals surface area contributed by atoms with Crippen LogP contribution >= 0.6 is 11.6 Å². The summed E-state index contributed by atoms with van der Waals surface area (Å²) in [5.74, 6) is -0.0977. The molecule has 0 heterocycles. The van der Waals surface area contributed by atoms with Gasteiger partial charge in [-0.3, -0.25) is 9.59 Å². The molecule has 0 unspecified atom stereocenters. The summed E-state index contributed by atoms with van der Waals surface area (Å²) >= 11 is 5.83. The lowest BCUT2D eigenvalue weighted by molar-refractivity contribution is -0.118. The third-order valence-corrected chi connectivity index (χ3v) is 4.53. The lowest BCUT2D eigenvalue weighted by atomic mass is 10.1. The van der Waals surface area contributed by atoms with Crippen molar-refractivity contribution < 1.29 is 14.3 Å². The summed E-state index contributed by atoms with van der Waals surface area (Å²) in [5, 5.41) is 6.28. The maximum atomic E-state index is 12.7. The van der Waals surface area contributed by atoms with Crippen LogP contribution in [0.2, 0.25) is 5.02 Å². The van der Waals surface area contributed by atoms with Crippen molar-refractivity contribution in [2.75, 3.05) is 11.9 Å². The summed E-state index contributed by atoms with van der Waals surface area (Å²) in [7, 11) is 0. The van der Waals surface area contributed by atoms with Gasteiger partial charge in [-0.25, -0.2) is 0 Å². The Kier molecular flexibility index (Phi) is 6.87. The smallest absolute Gasteiger partial charge is 0.262 e. The van der Waals surface area contributed by atoms with E-state index in [2.05, 4.69) is 10.6 Å². The van der Waals surface area contributed by atoms with Gasteiger partial charge in [-0.2, -0.15) is 0 Å². The van der Waals surface area contributed by atoms with E-state index in [0.29, 0.717) is 22.0 Å². The molecular weight excluding hydrogens is 388 g/mol. The van der Waals surface area contributed by atoms with Gasteiger partial charge >= 0.3 is 0 Å². The van der Waals surface area contributed by atoms with Crippen molar-refractivity contribution in [1.29, 1.82) is 0 Å². The molecule has 1 atom stereocenters. The Labute approximate surface area is 174 Å². The van der Waals surface area contributed by atoms with E-state index in [1.165, 1.54) is 0 Å². The van der Waals surface area contributed by atoms with Crippen LogP contribution in [0.5, 0.6) is 5.75 Å². The average molecular weight is 409 g/mol. The molecule has 148 valence electrons. The fourth-order valence-corrected chi connectivity index (χ4v) is 2.88. The van der Waals surface area contributed by atoms with Crippen LogP contribution in [0.15, 0.2) is 78.9 Å². The van der Waals surface area contributed by atoms with E-state index in [0.717, 1.165) is 5.56 Å². The fraction of sp³-hybridized carbons (Fsp3) is 0.130. The second-order valence-corrected chi connectivity index (χ2v) is 6.88. The molecule has 0 saturated heterocycles. The molecule has 0 aliphatic carbocycles. The van der Waals surface area contributed by atoms with Gasteiger partial charge in [0.25, 0.3) is 11.8 Å². The van der Waals surface area contributed by atoms with E-state index in [4.69, 9.17) is 16.3 Å². The minimum Gasteiger partial charge on any atom is -0.484 e. The molecule has 0 spiro atoms. The Morgan fingerprint density at radius 1 is 0.931 bits per heavy atom. The minimum absolute atomic E-state index is 0.166. The third kappa shape index (κ3) is 5.83. The number of rotatable bonds is 7. The van der Waals surface area contributed by atoms with Crippen molar-refractivity contribution in [1.82, 2.24) is 5.32 Å². The molecule has 0 bridgehead atoms.